The molecule has 0 spiro atoms. The van der Waals surface area contributed by atoms with Crippen LogP contribution in [0.4, 0.5) is 4.79 Å². The van der Waals surface area contributed by atoms with Gasteiger partial charge in [0.05, 0.1) is 0 Å². The number of nitrogens with zero attached hydrogens (tertiary/aromatic N) is 4. The molecule has 8 heteroatoms. The quantitative estimate of drug-likeness (QED) is 0.763. The zero-order valence-electron chi connectivity index (χ0n) is 11.3. The zero-order valence-corrected chi connectivity index (χ0v) is 12.1. The van der Waals surface area contributed by atoms with E-state index in [0.29, 0.717) is 5.88 Å². The molecular formula is C12H16ClN5O2. The van der Waals surface area contributed by atoms with Crippen molar-refractivity contribution >= 4 is 29.5 Å². The second kappa shape index (κ2) is 4.66. The van der Waals surface area contributed by atoms with Crippen molar-refractivity contribution < 1.29 is 9.59 Å². The van der Waals surface area contributed by atoms with Gasteiger partial charge >= 0.3 is 6.03 Å². The van der Waals surface area contributed by atoms with Crippen LogP contribution in [0.25, 0.3) is 0 Å². The monoisotopic (exact) mass is 297 g/mol. The number of fused-ring (bicyclic) bond motifs is 3. The Morgan fingerprint density at radius 2 is 2.20 bits per heavy atom. The van der Waals surface area contributed by atoms with Crippen LogP contribution in [0.1, 0.15) is 13.3 Å². The van der Waals surface area contributed by atoms with Gasteiger partial charge in [0.1, 0.15) is 0 Å². The van der Waals surface area contributed by atoms with Crippen LogP contribution < -0.4 is 5.32 Å². The van der Waals surface area contributed by atoms with Gasteiger partial charge in [0.2, 0.25) is 5.96 Å². The lowest BCUT2D eigenvalue weighted by Crippen LogP contribution is -2.62. The number of carbonyl (C=O) groups excluding carboxylic acids is 2. The molecule has 0 bridgehead atoms. The summed E-state index contributed by atoms with van der Waals surface area (Å²) in [6, 6.07) is -0.890. The summed E-state index contributed by atoms with van der Waals surface area (Å²) < 4.78 is 0. The number of aliphatic imine (C=N–C) groups is 1. The lowest BCUT2D eigenvalue weighted by atomic mass is 10.1. The largest absolute Gasteiger partial charge is 0.325 e. The number of likely N-dealkylation sites (N-methyl/N-ethyl adjacent to an activating group) is 1. The highest BCUT2D eigenvalue weighted by molar-refractivity contribution is 6.17. The predicted molar refractivity (Wildman–Crippen MR) is 74.0 cm³/mol. The van der Waals surface area contributed by atoms with Crippen molar-refractivity contribution in [3.8, 4) is 0 Å². The van der Waals surface area contributed by atoms with E-state index in [1.165, 1.54) is 4.90 Å². The molecule has 1 fully saturated rings. The van der Waals surface area contributed by atoms with Gasteiger partial charge in [-0.1, -0.05) is 0 Å². The van der Waals surface area contributed by atoms with Gasteiger partial charge in [-0.2, -0.15) is 0 Å². The van der Waals surface area contributed by atoms with E-state index in [-0.39, 0.29) is 5.91 Å². The van der Waals surface area contributed by atoms with E-state index in [9.17, 15) is 9.59 Å². The van der Waals surface area contributed by atoms with Crippen molar-refractivity contribution in [1.29, 1.82) is 0 Å². The van der Waals surface area contributed by atoms with Crippen LogP contribution in [0.3, 0.4) is 0 Å². The first-order chi connectivity index (χ1) is 9.54. The Labute approximate surface area is 121 Å². The van der Waals surface area contributed by atoms with Gasteiger partial charge in [-0.05, 0) is 13.3 Å². The molecule has 0 radical (unpaired) electrons. The highest BCUT2D eigenvalue weighted by Crippen LogP contribution is 2.31. The maximum atomic E-state index is 12.1. The summed E-state index contributed by atoms with van der Waals surface area (Å²) in [4.78, 5) is 33.6. The summed E-state index contributed by atoms with van der Waals surface area (Å²) in [6.07, 6.45) is 2.27. The fraction of sp³-hybridized carbons (Fsp3) is 0.583. The highest BCUT2D eigenvalue weighted by atomic mass is 35.5. The smallest absolute Gasteiger partial charge is 0.315 e. The maximum Gasteiger partial charge on any atom is 0.325 e. The van der Waals surface area contributed by atoms with E-state index < -0.39 is 18.2 Å². The number of hydrogen-bond acceptors (Lipinski definition) is 5. The number of allylic oxidation sites excluding steroid dienone is 1. The molecule has 0 aromatic heterocycles. The minimum Gasteiger partial charge on any atom is -0.315 e. The summed E-state index contributed by atoms with van der Waals surface area (Å²) in [5.41, 5.74) is 1.03. The molecule has 3 amide bonds. The Kier molecular flexibility index (Phi) is 3.08. The number of imide groups is 1. The van der Waals surface area contributed by atoms with Crippen LogP contribution in [-0.2, 0) is 4.79 Å². The van der Waals surface area contributed by atoms with Gasteiger partial charge < -0.3 is 14.7 Å². The van der Waals surface area contributed by atoms with Gasteiger partial charge in [-0.25, -0.2) is 9.79 Å². The normalized spacial score (nSPS) is 28.2. The molecule has 0 aliphatic carbocycles. The molecule has 1 saturated heterocycles. The number of amides is 3. The summed E-state index contributed by atoms with van der Waals surface area (Å²) in [5, 5.41) is 2.35. The predicted octanol–water partition coefficient (Wildman–Crippen LogP) is 0.340. The van der Waals surface area contributed by atoms with Crippen molar-refractivity contribution in [1.82, 2.24) is 20.0 Å². The molecule has 2 atom stereocenters. The zero-order chi connectivity index (χ0) is 14.4. The number of nitrogens with one attached hydrogen (secondary N) is 1. The molecule has 0 aromatic rings. The first-order valence-electron chi connectivity index (χ1n) is 6.50. The number of halogens is 1. The molecule has 1 N–H and O–H groups in total. The number of alkyl halides is 1. The van der Waals surface area contributed by atoms with Crippen LogP contribution in [0.15, 0.2) is 16.9 Å². The molecule has 7 nitrogen and oxygen atoms in total. The molecule has 108 valence electrons. The van der Waals surface area contributed by atoms with Crippen molar-refractivity contribution in [2.45, 2.75) is 25.6 Å². The number of rotatable bonds is 3. The van der Waals surface area contributed by atoms with Gasteiger partial charge in [-0.3, -0.25) is 10.1 Å². The third-order valence-corrected chi connectivity index (χ3v) is 4.05. The van der Waals surface area contributed by atoms with Crippen LogP contribution >= 0.6 is 11.6 Å². The SMILES string of the molecule is CC1=CN2C(=NC3C2C(=O)NC(=O)N3C)N1CCCCl. The number of urea groups is 1. The minimum atomic E-state index is -0.483. The second-order valence-corrected chi connectivity index (χ2v) is 5.44. The van der Waals surface area contributed by atoms with E-state index in [1.807, 2.05) is 22.9 Å². The molecular weight excluding hydrogens is 282 g/mol. The van der Waals surface area contributed by atoms with Crippen molar-refractivity contribution in [2.24, 2.45) is 4.99 Å². The topological polar surface area (TPSA) is 68.2 Å². The Morgan fingerprint density at radius 3 is 2.90 bits per heavy atom. The lowest BCUT2D eigenvalue weighted by Gasteiger charge is -2.34. The third kappa shape index (κ3) is 1.76. The molecule has 20 heavy (non-hydrogen) atoms. The Balaban J connectivity index is 1.90. The van der Waals surface area contributed by atoms with E-state index in [2.05, 4.69) is 10.3 Å². The van der Waals surface area contributed by atoms with Gasteiger partial charge in [0.25, 0.3) is 5.91 Å². The summed E-state index contributed by atoms with van der Waals surface area (Å²) in [6.45, 7) is 2.72. The molecule has 3 rings (SSSR count). The average Bonchev–Trinajstić information content (AvgIpc) is 2.89. The lowest BCUT2D eigenvalue weighted by molar-refractivity contribution is -0.126. The standard InChI is InChI=1S/C12H16ClN5O2/c1-7-6-18-8-9(16(2)12(20)15-10(8)19)14-11(18)17(7)5-3-4-13/h6,8-9H,3-5H2,1-2H3,(H,15,19,20). The van der Waals surface area contributed by atoms with E-state index in [1.54, 1.807) is 7.05 Å². The molecule has 3 aliphatic rings. The number of hydrogen-bond donors (Lipinski definition) is 1. The van der Waals surface area contributed by atoms with Crippen LogP contribution in [0, 0.1) is 0 Å². The highest BCUT2D eigenvalue weighted by Gasteiger charge is 2.51. The minimum absolute atomic E-state index is 0.305. The van der Waals surface area contributed by atoms with Crippen LogP contribution in [-0.4, -0.2) is 64.3 Å². The first-order valence-corrected chi connectivity index (χ1v) is 7.03. The summed E-state index contributed by atoms with van der Waals surface area (Å²) in [7, 11) is 1.64. The van der Waals surface area contributed by atoms with E-state index in [0.717, 1.165) is 24.6 Å². The molecule has 0 saturated carbocycles. The Morgan fingerprint density at radius 1 is 1.45 bits per heavy atom. The van der Waals surface area contributed by atoms with E-state index >= 15 is 0 Å². The van der Waals surface area contributed by atoms with E-state index in [4.69, 9.17) is 11.6 Å². The Bertz CT molecular complexity index is 532. The van der Waals surface area contributed by atoms with Crippen molar-refractivity contribution in [3.05, 3.63) is 11.9 Å². The van der Waals surface area contributed by atoms with Gasteiger partial charge in [-0.15, -0.1) is 11.6 Å². The van der Waals surface area contributed by atoms with Crippen LogP contribution in [0.5, 0.6) is 0 Å². The summed E-state index contributed by atoms with van der Waals surface area (Å²) in [5.74, 6) is 0.988. The molecule has 3 aliphatic heterocycles. The van der Waals surface area contributed by atoms with Gasteiger partial charge in [0, 0.05) is 31.4 Å². The number of carbonyl (C=O) groups is 2. The molecule has 2 unspecified atom stereocenters. The van der Waals surface area contributed by atoms with Gasteiger partial charge in [0.15, 0.2) is 12.2 Å². The first kappa shape index (κ1) is 13.2. The maximum absolute atomic E-state index is 12.1. The van der Waals surface area contributed by atoms with Crippen molar-refractivity contribution in [3.63, 3.8) is 0 Å². The molecule has 3 heterocycles. The fourth-order valence-corrected chi connectivity index (χ4v) is 2.86. The average molecular weight is 298 g/mol. The fourth-order valence-electron chi connectivity index (χ4n) is 2.74. The third-order valence-electron chi connectivity index (χ3n) is 3.79. The van der Waals surface area contributed by atoms with Crippen LogP contribution in [0.2, 0.25) is 0 Å². The Hall–Kier alpha value is -1.76. The second-order valence-electron chi connectivity index (χ2n) is 5.06. The van der Waals surface area contributed by atoms with Crippen molar-refractivity contribution in [2.75, 3.05) is 19.5 Å². The summed E-state index contributed by atoms with van der Waals surface area (Å²) >= 11 is 5.74. The molecule has 0 aromatic carbocycles. The number of guanidine groups is 1.